The molecular weight excluding hydrogens is 224 g/mol. The van der Waals surface area contributed by atoms with E-state index in [0.29, 0.717) is 12.0 Å². The van der Waals surface area contributed by atoms with Crippen LogP contribution in [0.2, 0.25) is 0 Å². The van der Waals surface area contributed by atoms with Crippen molar-refractivity contribution in [3.8, 4) is 0 Å². The third-order valence-corrected chi connectivity index (χ3v) is 4.18. The summed E-state index contributed by atoms with van der Waals surface area (Å²) < 4.78 is 0. The molecule has 0 spiro atoms. The molecule has 3 heteroatoms. The number of hydrogen-bond acceptors (Lipinski definition) is 2. The zero-order valence-corrected chi connectivity index (χ0v) is 12.3. The van der Waals surface area contributed by atoms with Crippen molar-refractivity contribution in [1.29, 1.82) is 0 Å². The van der Waals surface area contributed by atoms with Crippen LogP contribution in [-0.2, 0) is 4.79 Å². The molecule has 1 amide bonds. The Hall–Kier alpha value is -0.570. The van der Waals surface area contributed by atoms with Gasteiger partial charge in [-0.1, -0.05) is 26.7 Å². The first-order valence-corrected chi connectivity index (χ1v) is 7.70. The standard InChI is InChI=1S/C15H30N2O/c1-4-6-8-13(5-2)15(18)17-12(3)14-9-7-10-16-11-14/h12-14,16H,4-11H2,1-3H3,(H,17,18). The molecule has 0 saturated carbocycles. The van der Waals surface area contributed by atoms with Crippen molar-refractivity contribution in [1.82, 2.24) is 10.6 Å². The molecule has 1 aliphatic rings. The maximum Gasteiger partial charge on any atom is 0.223 e. The number of piperidine rings is 1. The largest absolute Gasteiger partial charge is 0.353 e. The maximum atomic E-state index is 12.2. The van der Waals surface area contributed by atoms with Gasteiger partial charge in [-0.2, -0.15) is 0 Å². The molecule has 1 saturated heterocycles. The Morgan fingerprint density at radius 3 is 2.78 bits per heavy atom. The third-order valence-electron chi connectivity index (χ3n) is 4.18. The van der Waals surface area contributed by atoms with Gasteiger partial charge in [-0.05, 0) is 51.6 Å². The molecule has 0 aromatic heterocycles. The summed E-state index contributed by atoms with van der Waals surface area (Å²) in [4.78, 5) is 12.2. The minimum absolute atomic E-state index is 0.212. The number of rotatable bonds is 7. The lowest BCUT2D eigenvalue weighted by Gasteiger charge is -2.30. The molecule has 0 aromatic carbocycles. The van der Waals surface area contributed by atoms with Gasteiger partial charge >= 0.3 is 0 Å². The van der Waals surface area contributed by atoms with Gasteiger partial charge in [0.15, 0.2) is 0 Å². The Bertz CT molecular complexity index is 237. The molecule has 3 nitrogen and oxygen atoms in total. The number of unbranched alkanes of at least 4 members (excludes halogenated alkanes) is 1. The van der Waals surface area contributed by atoms with E-state index in [1.54, 1.807) is 0 Å². The van der Waals surface area contributed by atoms with Crippen LogP contribution in [0.15, 0.2) is 0 Å². The second-order valence-corrected chi connectivity index (χ2v) is 5.65. The Labute approximate surface area is 112 Å². The van der Waals surface area contributed by atoms with E-state index in [0.717, 1.165) is 32.4 Å². The highest BCUT2D eigenvalue weighted by Crippen LogP contribution is 2.17. The van der Waals surface area contributed by atoms with Crippen molar-refractivity contribution in [3.05, 3.63) is 0 Å². The summed E-state index contributed by atoms with van der Waals surface area (Å²) in [5.41, 5.74) is 0. The van der Waals surface area contributed by atoms with E-state index in [4.69, 9.17) is 0 Å². The van der Waals surface area contributed by atoms with Gasteiger partial charge < -0.3 is 10.6 Å². The van der Waals surface area contributed by atoms with Crippen LogP contribution >= 0.6 is 0 Å². The van der Waals surface area contributed by atoms with E-state index >= 15 is 0 Å². The summed E-state index contributed by atoms with van der Waals surface area (Å²) in [6.45, 7) is 8.63. The van der Waals surface area contributed by atoms with Gasteiger partial charge in [0.1, 0.15) is 0 Å². The molecule has 1 heterocycles. The highest BCUT2D eigenvalue weighted by atomic mass is 16.1. The first kappa shape index (κ1) is 15.5. The van der Waals surface area contributed by atoms with Gasteiger partial charge in [-0.15, -0.1) is 0 Å². The van der Waals surface area contributed by atoms with Crippen molar-refractivity contribution in [2.75, 3.05) is 13.1 Å². The quantitative estimate of drug-likeness (QED) is 0.733. The van der Waals surface area contributed by atoms with Crippen LogP contribution in [0.5, 0.6) is 0 Å². The van der Waals surface area contributed by atoms with Gasteiger partial charge in [-0.3, -0.25) is 4.79 Å². The Kier molecular flexibility index (Phi) is 7.33. The number of carbonyl (C=O) groups excluding carboxylic acids is 1. The smallest absolute Gasteiger partial charge is 0.223 e. The van der Waals surface area contributed by atoms with Gasteiger partial charge in [-0.25, -0.2) is 0 Å². The molecule has 1 aliphatic heterocycles. The van der Waals surface area contributed by atoms with Crippen LogP contribution in [0.25, 0.3) is 0 Å². The van der Waals surface area contributed by atoms with Crippen molar-refractivity contribution >= 4 is 5.91 Å². The summed E-state index contributed by atoms with van der Waals surface area (Å²) >= 11 is 0. The number of hydrogen-bond donors (Lipinski definition) is 2. The fourth-order valence-corrected chi connectivity index (χ4v) is 2.74. The molecule has 1 rings (SSSR count). The Morgan fingerprint density at radius 1 is 1.44 bits per heavy atom. The molecule has 0 radical (unpaired) electrons. The van der Waals surface area contributed by atoms with E-state index in [1.165, 1.54) is 19.3 Å². The molecule has 3 unspecified atom stereocenters. The van der Waals surface area contributed by atoms with Crippen molar-refractivity contribution < 1.29 is 4.79 Å². The van der Waals surface area contributed by atoms with Crippen LogP contribution in [0.4, 0.5) is 0 Å². The van der Waals surface area contributed by atoms with Crippen LogP contribution in [-0.4, -0.2) is 25.0 Å². The topological polar surface area (TPSA) is 41.1 Å². The highest BCUT2D eigenvalue weighted by molar-refractivity contribution is 5.78. The molecular formula is C15H30N2O. The molecule has 2 N–H and O–H groups in total. The molecule has 1 fully saturated rings. The fourth-order valence-electron chi connectivity index (χ4n) is 2.74. The molecule has 18 heavy (non-hydrogen) atoms. The lowest BCUT2D eigenvalue weighted by molar-refractivity contribution is -0.126. The highest BCUT2D eigenvalue weighted by Gasteiger charge is 2.23. The van der Waals surface area contributed by atoms with Gasteiger partial charge in [0, 0.05) is 12.0 Å². The van der Waals surface area contributed by atoms with Crippen LogP contribution < -0.4 is 10.6 Å². The first-order valence-electron chi connectivity index (χ1n) is 7.70. The van der Waals surface area contributed by atoms with E-state index in [1.807, 2.05) is 0 Å². The normalized spacial score (nSPS) is 23.4. The lowest BCUT2D eigenvalue weighted by atomic mass is 9.91. The van der Waals surface area contributed by atoms with E-state index in [2.05, 4.69) is 31.4 Å². The molecule has 106 valence electrons. The monoisotopic (exact) mass is 254 g/mol. The van der Waals surface area contributed by atoms with Crippen molar-refractivity contribution in [2.24, 2.45) is 11.8 Å². The molecule has 0 aromatic rings. The van der Waals surface area contributed by atoms with Gasteiger partial charge in [0.05, 0.1) is 0 Å². The SMILES string of the molecule is CCCCC(CC)C(=O)NC(C)C1CCCNC1. The van der Waals surface area contributed by atoms with Crippen molar-refractivity contribution in [3.63, 3.8) is 0 Å². The minimum atomic E-state index is 0.212. The average Bonchev–Trinajstić information content (AvgIpc) is 2.40. The lowest BCUT2D eigenvalue weighted by Crippen LogP contribution is -2.46. The summed E-state index contributed by atoms with van der Waals surface area (Å²) in [7, 11) is 0. The van der Waals surface area contributed by atoms with Gasteiger partial charge in [0.2, 0.25) is 5.91 Å². The zero-order chi connectivity index (χ0) is 13.4. The first-order chi connectivity index (χ1) is 8.69. The van der Waals surface area contributed by atoms with E-state index in [-0.39, 0.29) is 11.8 Å². The van der Waals surface area contributed by atoms with E-state index in [9.17, 15) is 4.79 Å². The summed E-state index contributed by atoms with van der Waals surface area (Å²) in [5, 5.41) is 6.65. The van der Waals surface area contributed by atoms with Crippen LogP contribution in [0.1, 0.15) is 59.3 Å². The fraction of sp³-hybridized carbons (Fsp3) is 0.933. The Balaban J connectivity index is 2.36. The summed E-state index contributed by atoms with van der Waals surface area (Å²) in [5.74, 6) is 1.08. The van der Waals surface area contributed by atoms with Crippen molar-refractivity contribution in [2.45, 2.75) is 65.3 Å². The van der Waals surface area contributed by atoms with Crippen LogP contribution in [0, 0.1) is 11.8 Å². The Morgan fingerprint density at radius 2 is 2.22 bits per heavy atom. The maximum absolute atomic E-state index is 12.2. The van der Waals surface area contributed by atoms with Crippen LogP contribution in [0.3, 0.4) is 0 Å². The zero-order valence-electron chi connectivity index (χ0n) is 12.3. The minimum Gasteiger partial charge on any atom is -0.353 e. The second kappa shape index (κ2) is 8.52. The average molecular weight is 254 g/mol. The number of carbonyl (C=O) groups is 1. The number of nitrogens with one attached hydrogen (secondary N) is 2. The predicted molar refractivity (Wildman–Crippen MR) is 76.5 cm³/mol. The predicted octanol–water partition coefficient (Wildman–Crippen LogP) is 2.71. The van der Waals surface area contributed by atoms with Gasteiger partial charge in [0.25, 0.3) is 0 Å². The molecule has 3 atom stereocenters. The summed E-state index contributed by atoms with van der Waals surface area (Å²) in [6.07, 6.45) is 6.80. The second-order valence-electron chi connectivity index (χ2n) is 5.65. The molecule has 0 bridgehead atoms. The number of amides is 1. The third kappa shape index (κ3) is 4.97. The summed E-state index contributed by atoms with van der Waals surface area (Å²) in [6, 6.07) is 0.306. The molecule has 0 aliphatic carbocycles. The van der Waals surface area contributed by atoms with E-state index < -0.39 is 0 Å².